The van der Waals surface area contributed by atoms with Gasteiger partial charge in [0.15, 0.2) is 0 Å². The monoisotopic (exact) mass is 464 g/mol. The van der Waals surface area contributed by atoms with Gasteiger partial charge in [-0.2, -0.15) is 0 Å². The quantitative estimate of drug-likeness (QED) is 0.417. The number of aromatic nitrogens is 3. The number of pyridine rings is 1. The number of hydrogen-bond acceptors (Lipinski definition) is 9. The highest BCUT2D eigenvalue weighted by atomic mass is 19.1. The summed E-state index contributed by atoms with van der Waals surface area (Å²) in [6, 6.07) is 12.2. The zero-order valence-electron chi connectivity index (χ0n) is 18.6. The molecule has 2 aromatic heterocycles. The zero-order valence-corrected chi connectivity index (χ0v) is 18.6. The SMILES string of the molecule is O=[N+]([O-])c1c(N2CCN(c3ccc(F)cc3)CC2)ncnc1N1CCN(c2ccccn2)CC1. The number of piperazine rings is 2. The van der Waals surface area contributed by atoms with Crippen LogP contribution in [0.25, 0.3) is 0 Å². The third-order valence-electron chi connectivity index (χ3n) is 6.29. The van der Waals surface area contributed by atoms with Gasteiger partial charge in [-0.25, -0.2) is 19.3 Å². The van der Waals surface area contributed by atoms with Gasteiger partial charge in [-0.3, -0.25) is 10.1 Å². The third-order valence-corrected chi connectivity index (χ3v) is 6.29. The van der Waals surface area contributed by atoms with E-state index in [1.807, 2.05) is 28.0 Å². The largest absolute Gasteiger partial charge is 0.368 e. The second-order valence-electron chi connectivity index (χ2n) is 8.24. The molecule has 2 aliphatic rings. The van der Waals surface area contributed by atoms with Gasteiger partial charge in [0, 0.05) is 64.2 Å². The van der Waals surface area contributed by atoms with Crippen molar-refractivity contribution in [3.8, 4) is 0 Å². The molecule has 34 heavy (non-hydrogen) atoms. The van der Waals surface area contributed by atoms with Crippen molar-refractivity contribution in [1.29, 1.82) is 0 Å². The Kier molecular flexibility index (Phi) is 6.07. The summed E-state index contributed by atoms with van der Waals surface area (Å²) in [6.45, 7) is 5.06. The van der Waals surface area contributed by atoms with Crippen LogP contribution in [0.4, 0.5) is 33.2 Å². The Labute approximate surface area is 196 Å². The molecule has 0 radical (unpaired) electrons. The lowest BCUT2D eigenvalue weighted by Crippen LogP contribution is -2.48. The van der Waals surface area contributed by atoms with Crippen LogP contribution in [0.3, 0.4) is 0 Å². The van der Waals surface area contributed by atoms with Crippen molar-refractivity contribution in [3.63, 3.8) is 0 Å². The lowest BCUT2D eigenvalue weighted by molar-refractivity contribution is -0.383. The summed E-state index contributed by atoms with van der Waals surface area (Å²) >= 11 is 0. The highest BCUT2D eigenvalue weighted by Gasteiger charge is 2.33. The maximum absolute atomic E-state index is 13.2. The maximum atomic E-state index is 13.2. The molecule has 10 nitrogen and oxygen atoms in total. The van der Waals surface area contributed by atoms with E-state index in [0.717, 1.165) is 11.5 Å². The number of halogens is 1. The van der Waals surface area contributed by atoms with Crippen molar-refractivity contribution in [2.45, 2.75) is 0 Å². The number of benzene rings is 1. The van der Waals surface area contributed by atoms with E-state index < -0.39 is 0 Å². The Balaban J connectivity index is 1.31. The molecule has 4 heterocycles. The van der Waals surface area contributed by atoms with Gasteiger partial charge in [-0.1, -0.05) is 6.07 Å². The topological polar surface area (TPSA) is 94.8 Å². The molecule has 2 fully saturated rings. The first-order valence-corrected chi connectivity index (χ1v) is 11.3. The number of hydrogen-bond donors (Lipinski definition) is 0. The van der Waals surface area contributed by atoms with E-state index in [2.05, 4.69) is 24.8 Å². The van der Waals surface area contributed by atoms with Crippen LogP contribution in [0, 0.1) is 15.9 Å². The third kappa shape index (κ3) is 4.41. The summed E-state index contributed by atoms with van der Waals surface area (Å²) in [7, 11) is 0. The van der Waals surface area contributed by atoms with Gasteiger partial charge < -0.3 is 19.6 Å². The highest BCUT2D eigenvalue weighted by molar-refractivity contribution is 5.72. The first kappa shape index (κ1) is 21.8. The van der Waals surface area contributed by atoms with Crippen molar-refractivity contribution in [3.05, 3.63) is 70.9 Å². The van der Waals surface area contributed by atoms with Gasteiger partial charge in [-0.15, -0.1) is 0 Å². The van der Waals surface area contributed by atoms with E-state index in [4.69, 9.17) is 0 Å². The van der Waals surface area contributed by atoms with Crippen LogP contribution in [0.15, 0.2) is 55.0 Å². The van der Waals surface area contributed by atoms with E-state index in [0.29, 0.717) is 64.0 Å². The van der Waals surface area contributed by atoms with Gasteiger partial charge in [0.05, 0.1) is 4.92 Å². The molecule has 3 aromatic rings. The summed E-state index contributed by atoms with van der Waals surface area (Å²) in [5.74, 6) is 1.34. The van der Waals surface area contributed by atoms with Crippen LogP contribution in [-0.4, -0.2) is 72.2 Å². The second kappa shape index (κ2) is 9.46. The average Bonchev–Trinajstić information content (AvgIpc) is 2.89. The predicted molar refractivity (Wildman–Crippen MR) is 128 cm³/mol. The van der Waals surface area contributed by atoms with Crippen molar-refractivity contribution in [1.82, 2.24) is 15.0 Å². The number of nitro groups is 1. The standard InChI is InChI=1S/C23H25FN8O2/c24-18-4-6-19(7-5-18)28-9-13-30(14-10-28)22-21(32(33)34)23(27-17-26-22)31-15-11-29(12-16-31)20-3-1-2-8-25-20/h1-8,17H,9-16H2. The molecule has 1 aromatic carbocycles. The van der Waals surface area contributed by atoms with Crippen LogP contribution in [0.1, 0.15) is 0 Å². The Bertz CT molecular complexity index is 1130. The molecule has 0 atom stereocenters. The molecule has 2 aliphatic heterocycles. The Morgan fingerprint density at radius 2 is 1.29 bits per heavy atom. The van der Waals surface area contributed by atoms with E-state index in [-0.39, 0.29) is 16.4 Å². The Hall–Kier alpha value is -4.02. The van der Waals surface area contributed by atoms with E-state index in [1.54, 1.807) is 18.3 Å². The molecule has 0 spiro atoms. The molecule has 0 amide bonds. The maximum Gasteiger partial charge on any atom is 0.353 e. The summed E-state index contributed by atoms with van der Waals surface area (Å²) in [4.78, 5) is 33.0. The minimum absolute atomic E-state index is 0.0518. The average molecular weight is 465 g/mol. The van der Waals surface area contributed by atoms with E-state index >= 15 is 0 Å². The zero-order chi connectivity index (χ0) is 23.5. The molecule has 2 saturated heterocycles. The van der Waals surface area contributed by atoms with Crippen LogP contribution in [0.2, 0.25) is 0 Å². The number of rotatable bonds is 5. The summed E-state index contributed by atoms with van der Waals surface area (Å²) < 4.78 is 13.2. The van der Waals surface area contributed by atoms with Crippen LogP contribution in [-0.2, 0) is 0 Å². The smallest absolute Gasteiger partial charge is 0.353 e. The minimum atomic E-state index is -0.373. The molecule has 0 bridgehead atoms. The van der Waals surface area contributed by atoms with E-state index in [1.165, 1.54) is 18.5 Å². The minimum Gasteiger partial charge on any atom is -0.368 e. The van der Waals surface area contributed by atoms with Crippen molar-refractivity contribution < 1.29 is 9.31 Å². The van der Waals surface area contributed by atoms with Gasteiger partial charge in [0.25, 0.3) is 0 Å². The second-order valence-corrected chi connectivity index (χ2v) is 8.24. The van der Waals surface area contributed by atoms with E-state index in [9.17, 15) is 14.5 Å². The Morgan fingerprint density at radius 3 is 1.82 bits per heavy atom. The lowest BCUT2D eigenvalue weighted by Gasteiger charge is -2.37. The molecule has 176 valence electrons. The van der Waals surface area contributed by atoms with Gasteiger partial charge in [0.1, 0.15) is 18.0 Å². The fourth-order valence-corrected chi connectivity index (χ4v) is 4.50. The van der Waals surface area contributed by atoms with Crippen LogP contribution < -0.4 is 19.6 Å². The van der Waals surface area contributed by atoms with Gasteiger partial charge >= 0.3 is 5.69 Å². The molecule has 0 N–H and O–H groups in total. The van der Waals surface area contributed by atoms with Gasteiger partial charge in [-0.05, 0) is 36.4 Å². The van der Waals surface area contributed by atoms with Gasteiger partial charge in [0.2, 0.25) is 11.6 Å². The summed E-state index contributed by atoms with van der Waals surface area (Å²) in [5, 5.41) is 12.1. The van der Waals surface area contributed by atoms with Crippen molar-refractivity contribution >= 4 is 28.8 Å². The number of anilines is 4. The first-order chi connectivity index (χ1) is 16.6. The van der Waals surface area contributed by atoms with Crippen LogP contribution in [0.5, 0.6) is 0 Å². The number of nitrogens with zero attached hydrogens (tertiary/aromatic N) is 8. The molecular weight excluding hydrogens is 439 g/mol. The van der Waals surface area contributed by atoms with Crippen LogP contribution >= 0.6 is 0 Å². The predicted octanol–water partition coefficient (Wildman–Crippen LogP) is 2.57. The highest BCUT2D eigenvalue weighted by Crippen LogP contribution is 2.35. The molecule has 5 rings (SSSR count). The van der Waals surface area contributed by atoms with Crippen molar-refractivity contribution in [2.75, 3.05) is 72.0 Å². The Morgan fingerprint density at radius 1 is 0.735 bits per heavy atom. The first-order valence-electron chi connectivity index (χ1n) is 11.3. The summed E-state index contributed by atoms with van der Waals surface area (Å²) in [6.07, 6.45) is 3.17. The molecule has 11 heteroatoms. The molecular formula is C23H25FN8O2. The lowest BCUT2D eigenvalue weighted by atomic mass is 10.2. The molecule has 0 saturated carbocycles. The molecule has 0 aliphatic carbocycles. The summed E-state index contributed by atoms with van der Waals surface area (Å²) in [5.41, 5.74) is 0.883. The van der Waals surface area contributed by atoms with Crippen molar-refractivity contribution in [2.24, 2.45) is 0 Å². The fraction of sp³-hybridized carbons (Fsp3) is 0.348. The molecule has 0 unspecified atom stereocenters. The fourth-order valence-electron chi connectivity index (χ4n) is 4.50. The normalized spacial score (nSPS) is 16.6.